The van der Waals surface area contributed by atoms with Gasteiger partial charge < -0.3 is 10.6 Å². The van der Waals surface area contributed by atoms with Crippen molar-refractivity contribution in [1.29, 1.82) is 0 Å². The number of anilines is 1. The summed E-state index contributed by atoms with van der Waals surface area (Å²) in [4.78, 5) is 28.4. The molecule has 2 N–H and O–H groups in total. The summed E-state index contributed by atoms with van der Waals surface area (Å²) in [7, 11) is 0. The first-order chi connectivity index (χ1) is 12.6. The fraction of sp³-hybridized carbons (Fsp3) is 0.278. The second kappa shape index (κ2) is 8.39. The van der Waals surface area contributed by atoms with Gasteiger partial charge in [0.2, 0.25) is 0 Å². The van der Waals surface area contributed by atoms with Crippen LogP contribution in [0.1, 0.15) is 46.7 Å². The lowest BCUT2D eigenvalue weighted by Gasteiger charge is -2.14. The molecule has 0 aliphatic carbocycles. The highest BCUT2D eigenvalue weighted by Crippen LogP contribution is 2.36. The van der Waals surface area contributed by atoms with Gasteiger partial charge in [-0.3, -0.25) is 14.6 Å². The molecule has 1 heterocycles. The first-order valence-electron chi connectivity index (χ1n) is 8.06. The van der Waals surface area contributed by atoms with Crippen LogP contribution in [-0.4, -0.2) is 22.8 Å². The minimum absolute atomic E-state index is 0.00220. The molecule has 2 aromatic rings. The molecular weight excluding hydrogens is 383 g/mol. The number of nitrogens with one attached hydrogen (secondary N) is 2. The van der Waals surface area contributed by atoms with Gasteiger partial charge in [0.1, 0.15) is 5.69 Å². The number of aromatic nitrogens is 1. The fourth-order valence-electron chi connectivity index (χ4n) is 2.15. The number of amides is 2. The summed E-state index contributed by atoms with van der Waals surface area (Å²) in [5.41, 5.74) is -1.50. The van der Waals surface area contributed by atoms with Crippen LogP contribution in [0.4, 0.5) is 18.9 Å². The Hall–Kier alpha value is -2.61. The van der Waals surface area contributed by atoms with Gasteiger partial charge in [0, 0.05) is 22.8 Å². The number of alkyl halides is 3. The van der Waals surface area contributed by atoms with E-state index in [0.29, 0.717) is 6.42 Å². The largest absolute Gasteiger partial charge is 0.418 e. The number of halogens is 4. The van der Waals surface area contributed by atoms with Crippen LogP contribution in [0.2, 0.25) is 5.02 Å². The lowest BCUT2D eigenvalue weighted by atomic mass is 10.1. The quantitative estimate of drug-likeness (QED) is 0.775. The predicted molar refractivity (Wildman–Crippen MR) is 95.9 cm³/mol. The number of pyridine rings is 1. The summed E-state index contributed by atoms with van der Waals surface area (Å²) in [6.45, 7) is 3.71. The van der Waals surface area contributed by atoms with Crippen molar-refractivity contribution in [1.82, 2.24) is 10.3 Å². The molecule has 1 unspecified atom stereocenters. The van der Waals surface area contributed by atoms with Crippen molar-refractivity contribution in [3.05, 3.63) is 58.4 Å². The topological polar surface area (TPSA) is 71.1 Å². The van der Waals surface area contributed by atoms with Crippen molar-refractivity contribution in [2.24, 2.45) is 0 Å². The van der Waals surface area contributed by atoms with Gasteiger partial charge in [-0.25, -0.2) is 0 Å². The third-order valence-corrected chi connectivity index (χ3v) is 4.01. The summed E-state index contributed by atoms with van der Waals surface area (Å²) in [5, 5.41) is 4.80. The Morgan fingerprint density at radius 3 is 2.52 bits per heavy atom. The van der Waals surface area contributed by atoms with Crippen LogP contribution in [0, 0.1) is 0 Å². The molecule has 0 spiro atoms. The minimum atomic E-state index is -4.69. The number of benzene rings is 1. The van der Waals surface area contributed by atoms with Crippen molar-refractivity contribution in [3.63, 3.8) is 0 Å². The van der Waals surface area contributed by atoms with Crippen molar-refractivity contribution < 1.29 is 22.8 Å². The normalized spacial score (nSPS) is 12.4. The van der Waals surface area contributed by atoms with Gasteiger partial charge >= 0.3 is 6.18 Å². The van der Waals surface area contributed by atoms with Crippen molar-refractivity contribution in [2.45, 2.75) is 32.5 Å². The first-order valence-corrected chi connectivity index (χ1v) is 8.44. The molecule has 5 nitrogen and oxygen atoms in total. The van der Waals surface area contributed by atoms with E-state index in [1.165, 1.54) is 24.4 Å². The Labute approximate surface area is 158 Å². The zero-order chi connectivity index (χ0) is 20.2. The summed E-state index contributed by atoms with van der Waals surface area (Å²) < 4.78 is 39.4. The zero-order valence-electron chi connectivity index (χ0n) is 14.5. The van der Waals surface area contributed by atoms with E-state index in [1.54, 1.807) is 0 Å². The molecule has 2 amide bonds. The number of hydrogen-bond acceptors (Lipinski definition) is 3. The second-order valence-corrected chi connectivity index (χ2v) is 6.29. The average Bonchev–Trinajstić information content (AvgIpc) is 2.62. The molecule has 2 rings (SSSR count). The summed E-state index contributed by atoms with van der Waals surface area (Å²) in [5.74, 6) is -1.27. The van der Waals surface area contributed by atoms with Crippen LogP contribution in [0.3, 0.4) is 0 Å². The SMILES string of the molecule is CCC(C)NC(=O)c1cc(C(=O)Nc2ccc(Cl)cc2C(F)(F)F)ccn1. The lowest BCUT2D eigenvalue weighted by Crippen LogP contribution is -2.32. The molecule has 0 aliphatic heterocycles. The number of carbonyl (C=O) groups excluding carboxylic acids is 2. The van der Waals surface area contributed by atoms with E-state index >= 15 is 0 Å². The van der Waals surface area contributed by atoms with Gasteiger partial charge in [-0.15, -0.1) is 0 Å². The Morgan fingerprint density at radius 1 is 1.19 bits per heavy atom. The van der Waals surface area contributed by atoms with E-state index in [2.05, 4.69) is 15.6 Å². The lowest BCUT2D eigenvalue weighted by molar-refractivity contribution is -0.136. The van der Waals surface area contributed by atoms with Gasteiger partial charge in [0.05, 0.1) is 11.3 Å². The maximum atomic E-state index is 13.1. The van der Waals surface area contributed by atoms with E-state index in [4.69, 9.17) is 11.6 Å². The maximum Gasteiger partial charge on any atom is 0.418 e. The zero-order valence-corrected chi connectivity index (χ0v) is 15.3. The van der Waals surface area contributed by atoms with Gasteiger partial charge in [-0.05, 0) is 43.7 Å². The molecular formula is C18H17ClF3N3O2. The molecule has 9 heteroatoms. The Balaban J connectivity index is 2.25. The molecule has 144 valence electrons. The molecule has 27 heavy (non-hydrogen) atoms. The third-order valence-electron chi connectivity index (χ3n) is 3.78. The van der Waals surface area contributed by atoms with Gasteiger partial charge in [0.25, 0.3) is 11.8 Å². The van der Waals surface area contributed by atoms with Gasteiger partial charge in [-0.1, -0.05) is 18.5 Å². The molecule has 0 saturated heterocycles. The van der Waals surface area contributed by atoms with Crippen molar-refractivity contribution in [2.75, 3.05) is 5.32 Å². The van der Waals surface area contributed by atoms with Crippen LogP contribution >= 0.6 is 11.6 Å². The van der Waals surface area contributed by atoms with Crippen LogP contribution in [0.5, 0.6) is 0 Å². The van der Waals surface area contributed by atoms with E-state index in [0.717, 1.165) is 12.1 Å². The molecule has 1 aromatic heterocycles. The number of hydrogen-bond donors (Lipinski definition) is 2. The molecule has 1 atom stereocenters. The number of carbonyl (C=O) groups is 2. The fourth-order valence-corrected chi connectivity index (χ4v) is 2.32. The van der Waals surface area contributed by atoms with E-state index in [9.17, 15) is 22.8 Å². The molecule has 0 fully saturated rings. The highest BCUT2D eigenvalue weighted by Gasteiger charge is 2.34. The molecule has 0 aliphatic rings. The van der Waals surface area contributed by atoms with Crippen LogP contribution in [-0.2, 0) is 6.18 Å². The molecule has 0 saturated carbocycles. The highest BCUT2D eigenvalue weighted by atomic mass is 35.5. The van der Waals surface area contributed by atoms with Crippen LogP contribution < -0.4 is 10.6 Å². The molecule has 1 aromatic carbocycles. The van der Waals surface area contributed by atoms with Gasteiger partial charge in [0.15, 0.2) is 0 Å². The second-order valence-electron chi connectivity index (χ2n) is 5.85. The van der Waals surface area contributed by atoms with Crippen LogP contribution in [0.25, 0.3) is 0 Å². The maximum absolute atomic E-state index is 13.1. The highest BCUT2D eigenvalue weighted by molar-refractivity contribution is 6.30. The van der Waals surface area contributed by atoms with E-state index < -0.39 is 29.2 Å². The van der Waals surface area contributed by atoms with E-state index in [1.807, 2.05) is 13.8 Å². The molecule has 0 radical (unpaired) electrons. The summed E-state index contributed by atoms with van der Waals surface area (Å²) >= 11 is 5.62. The van der Waals surface area contributed by atoms with Crippen molar-refractivity contribution >= 4 is 29.1 Å². The van der Waals surface area contributed by atoms with Crippen molar-refractivity contribution in [3.8, 4) is 0 Å². The van der Waals surface area contributed by atoms with Crippen LogP contribution in [0.15, 0.2) is 36.5 Å². The number of rotatable bonds is 5. The van der Waals surface area contributed by atoms with E-state index in [-0.39, 0.29) is 22.3 Å². The Bertz CT molecular complexity index is 856. The monoisotopic (exact) mass is 399 g/mol. The third kappa shape index (κ3) is 5.43. The molecule has 0 bridgehead atoms. The average molecular weight is 400 g/mol. The predicted octanol–water partition coefficient (Wildman–Crippen LogP) is 4.53. The van der Waals surface area contributed by atoms with Gasteiger partial charge in [-0.2, -0.15) is 13.2 Å². The minimum Gasteiger partial charge on any atom is -0.348 e. The Morgan fingerprint density at radius 2 is 1.89 bits per heavy atom. The number of nitrogens with zero attached hydrogens (tertiary/aromatic N) is 1. The summed E-state index contributed by atoms with van der Waals surface area (Å²) in [6, 6.07) is 5.48. The first kappa shape index (κ1) is 20.7. The standard InChI is InChI=1S/C18H17ClF3N3O2/c1-3-10(2)24-17(27)15-8-11(6-7-23-15)16(26)25-14-5-4-12(19)9-13(14)18(20,21)22/h4-10H,3H2,1-2H3,(H,24,27)(H,25,26). The Kier molecular flexibility index (Phi) is 6.43. The summed E-state index contributed by atoms with van der Waals surface area (Å²) in [6.07, 6.45) is -2.73. The smallest absolute Gasteiger partial charge is 0.348 e.